The summed E-state index contributed by atoms with van der Waals surface area (Å²) in [7, 11) is 0. The maximum Gasteiger partial charge on any atom is 0.258 e. The van der Waals surface area contributed by atoms with Gasteiger partial charge < -0.3 is 9.84 Å². The number of amides is 1. The third-order valence-corrected chi connectivity index (χ3v) is 4.20. The Hall–Kier alpha value is -2.86. The first-order chi connectivity index (χ1) is 11.8. The van der Waals surface area contributed by atoms with Gasteiger partial charge in [-0.3, -0.25) is 14.9 Å². The monoisotopic (exact) mass is 361 g/mol. The molecule has 0 saturated carbocycles. The summed E-state index contributed by atoms with van der Waals surface area (Å²) in [6.07, 6.45) is 0. The molecule has 5 nitrogen and oxygen atoms in total. The van der Waals surface area contributed by atoms with Gasteiger partial charge in [-0.2, -0.15) is 0 Å². The highest BCUT2D eigenvalue weighted by atomic mass is 35.5. The molecule has 7 heteroatoms. The van der Waals surface area contributed by atoms with Crippen LogP contribution in [-0.2, 0) is 15.1 Å². The molecule has 2 aromatic carbocycles. The summed E-state index contributed by atoms with van der Waals surface area (Å²) in [5.74, 6) is -3.17. The van der Waals surface area contributed by atoms with Crippen molar-refractivity contribution in [2.24, 2.45) is 0 Å². The number of hydrogen-bond donors (Lipinski definition) is 2. The number of carbonyl (C=O) groups is 2. The molecule has 25 heavy (non-hydrogen) atoms. The summed E-state index contributed by atoms with van der Waals surface area (Å²) in [5.41, 5.74) is -1.38. The molecule has 2 aromatic rings. The third-order valence-electron chi connectivity index (χ3n) is 3.88. The van der Waals surface area contributed by atoms with Gasteiger partial charge in [0.1, 0.15) is 5.82 Å². The van der Waals surface area contributed by atoms with E-state index < -0.39 is 34.8 Å². The van der Waals surface area contributed by atoms with E-state index in [0.29, 0.717) is 5.56 Å². The highest BCUT2D eigenvalue weighted by Crippen LogP contribution is 2.40. The molecule has 2 N–H and O–H groups in total. The number of halogens is 2. The molecule has 1 unspecified atom stereocenters. The molecular formula is C18H13ClFNO4. The van der Waals surface area contributed by atoms with Crippen molar-refractivity contribution in [3.05, 3.63) is 82.1 Å². The van der Waals surface area contributed by atoms with Gasteiger partial charge in [-0.15, -0.1) is 0 Å². The number of Topliss-reactive ketones (excluding diaryl/α,β-unsaturated/α-hetero) is 1. The number of ketones is 1. The van der Waals surface area contributed by atoms with Crippen LogP contribution in [-0.4, -0.2) is 16.8 Å². The van der Waals surface area contributed by atoms with Gasteiger partial charge in [-0.25, -0.2) is 4.39 Å². The number of carbonyl (C=O) groups excluding carboxylic acids is 2. The molecule has 0 radical (unpaired) electrons. The molecule has 0 fully saturated rings. The predicted octanol–water partition coefficient (Wildman–Crippen LogP) is 3.45. The third kappa shape index (κ3) is 2.96. The van der Waals surface area contributed by atoms with Gasteiger partial charge in [-0.05, 0) is 37.3 Å². The van der Waals surface area contributed by atoms with Crippen LogP contribution in [0.2, 0.25) is 5.02 Å². The maximum atomic E-state index is 13.6. The topological polar surface area (TPSA) is 75.6 Å². The van der Waals surface area contributed by atoms with E-state index in [1.54, 1.807) is 30.3 Å². The van der Waals surface area contributed by atoms with Crippen LogP contribution in [0.1, 0.15) is 22.8 Å². The average Bonchev–Trinajstić information content (AvgIpc) is 2.82. The lowest BCUT2D eigenvalue weighted by Crippen LogP contribution is -2.32. The lowest BCUT2D eigenvalue weighted by atomic mass is 9.91. The number of aliphatic hydroxyl groups excluding tert-OH is 1. The van der Waals surface area contributed by atoms with Crippen LogP contribution in [0.4, 0.5) is 4.39 Å². The molecule has 0 saturated heterocycles. The van der Waals surface area contributed by atoms with Crippen molar-refractivity contribution in [3.8, 4) is 0 Å². The molecule has 1 aliphatic heterocycles. The maximum absolute atomic E-state index is 13.6. The van der Waals surface area contributed by atoms with Crippen LogP contribution in [0.5, 0.6) is 0 Å². The second kappa shape index (κ2) is 6.22. The number of rotatable bonds is 3. The van der Waals surface area contributed by atoms with Crippen LogP contribution < -0.4 is 5.32 Å². The minimum absolute atomic E-state index is 0.0506. The first-order valence-electron chi connectivity index (χ1n) is 7.32. The van der Waals surface area contributed by atoms with E-state index >= 15 is 0 Å². The molecule has 0 aliphatic carbocycles. The number of nitrogens with one attached hydrogen (secondary N) is 1. The van der Waals surface area contributed by atoms with Crippen molar-refractivity contribution in [2.75, 3.05) is 0 Å². The van der Waals surface area contributed by atoms with Crippen LogP contribution in [0.3, 0.4) is 0 Å². The van der Waals surface area contributed by atoms with E-state index in [1.165, 1.54) is 13.0 Å². The molecule has 3 rings (SSSR count). The van der Waals surface area contributed by atoms with E-state index in [0.717, 1.165) is 12.1 Å². The fraction of sp³-hybridized carbons (Fsp3) is 0.111. The molecular weight excluding hydrogens is 349 g/mol. The molecule has 0 bridgehead atoms. The zero-order chi connectivity index (χ0) is 18.2. The largest absolute Gasteiger partial charge is 0.501 e. The Labute approximate surface area is 147 Å². The zero-order valence-corrected chi connectivity index (χ0v) is 13.8. The van der Waals surface area contributed by atoms with E-state index in [-0.39, 0.29) is 10.6 Å². The van der Waals surface area contributed by atoms with Gasteiger partial charge >= 0.3 is 0 Å². The fourth-order valence-electron chi connectivity index (χ4n) is 2.52. The van der Waals surface area contributed by atoms with Crippen LogP contribution in [0.15, 0.2) is 60.2 Å². The second-order valence-electron chi connectivity index (χ2n) is 5.59. The molecule has 0 aromatic heterocycles. The van der Waals surface area contributed by atoms with Crippen molar-refractivity contribution in [2.45, 2.75) is 12.5 Å². The second-order valence-corrected chi connectivity index (χ2v) is 5.99. The average molecular weight is 362 g/mol. The van der Waals surface area contributed by atoms with Crippen LogP contribution >= 0.6 is 11.6 Å². The van der Waals surface area contributed by atoms with Crippen molar-refractivity contribution in [3.63, 3.8) is 0 Å². The zero-order valence-electron chi connectivity index (χ0n) is 13.0. The summed E-state index contributed by atoms with van der Waals surface area (Å²) < 4.78 is 19.0. The van der Waals surface area contributed by atoms with E-state index in [2.05, 4.69) is 5.32 Å². The summed E-state index contributed by atoms with van der Waals surface area (Å²) in [5, 5.41) is 12.5. The smallest absolute Gasteiger partial charge is 0.258 e. The van der Waals surface area contributed by atoms with E-state index in [1.807, 2.05) is 0 Å². The molecule has 1 heterocycles. The van der Waals surface area contributed by atoms with Gasteiger partial charge in [0.15, 0.2) is 0 Å². The summed E-state index contributed by atoms with van der Waals surface area (Å²) >= 11 is 6.04. The van der Waals surface area contributed by atoms with Crippen molar-refractivity contribution < 1.29 is 23.8 Å². The Kier molecular flexibility index (Phi) is 4.22. The van der Waals surface area contributed by atoms with Crippen molar-refractivity contribution >= 4 is 23.3 Å². The number of ether oxygens (including phenoxy) is 1. The first kappa shape index (κ1) is 17.0. The van der Waals surface area contributed by atoms with Gasteiger partial charge in [-0.1, -0.05) is 29.8 Å². The normalized spacial score (nSPS) is 19.7. The standard InChI is InChI=1S/C18H13ClFNO4/c1-18(12-9-11(20)7-8-13(12)19)15(23)14(22)17(25-18)21-16(24)10-5-3-2-4-6-10/h2-9,22H,1H3,(H,21,24). The highest BCUT2D eigenvalue weighted by Gasteiger charge is 2.49. The van der Waals surface area contributed by atoms with Gasteiger partial charge in [0.25, 0.3) is 11.7 Å². The minimum atomic E-state index is -1.75. The quantitative estimate of drug-likeness (QED) is 0.878. The highest BCUT2D eigenvalue weighted by molar-refractivity contribution is 6.32. The molecule has 1 amide bonds. The van der Waals surface area contributed by atoms with Crippen LogP contribution in [0, 0.1) is 5.82 Å². The summed E-state index contributed by atoms with van der Waals surface area (Å²) in [6, 6.07) is 11.7. The van der Waals surface area contributed by atoms with Crippen molar-refractivity contribution in [1.82, 2.24) is 5.32 Å². The SMILES string of the molecule is CC1(c2cc(F)ccc2Cl)OC(NC(=O)c2ccccc2)=C(O)C1=O. The van der Waals surface area contributed by atoms with Gasteiger partial charge in [0, 0.05) is 16.1 Å². The number of aliphatic hydroxyl groups is 1. The first-order valence-corrected chi connectivity index (χ1v) is 7.69. The lowest BCUT2D eigenvalue weighted by molar-refractivity contribution is -0.131. The Morgan fingerprint density at radius 1 is 1.24 bits per heavy atom. The predicted molar refractivity (Wildman–Crippen MR) is 88.4 cm³/mol. The minimum Gasteiger partial charge on any atom is -0.501 e. The molecule has 128 valence electrons. The number of hydrogen-bond acceptors (Lipinski definition) is 4. The molecule has 1 atom stereocenters. The Morgan fingerprint density at radius 2 is 1.92 bits per heavy atom. The van der Waals surface area contributed by atoms with Gasteiger partial charge in [0.2, 0.25) is 17.2 Å². The summed E-state index contributed by atoms with van der Waals surface area (Å²) in [4.78, 5) is 24.6. The Morgan fingerprint density at radius 3 is 2.60 bits per heavy atom. The fourth-order valence-corrected chi connectivity index (χ4v) is 2.82. The summed E-state index contributed by atoms with van der Waals surface area (Å²) in [6.45, 7) is 1.34. The molecule has 0 spiro atoms. The Balaban J connectivity index is 1.90. The Bertz CT molecular complexity index is 897. The van der Waals surface area contributed by atoms with Gasteiger partial charge in [0.05, 0.1) is 0 Å². The molecule has 1 aliphatic rings. The van der Waals surface area contributed by atoms with E-state index in [4.69, 9.17) is 16.3 Å². The van der Waals surface area contributed by atoms with E-state index in [9.17, 15) is 19.1 Å². The van der Waals surface area contributed by atoms with Crippen LogP contribution in [0.25, 0.3) is 0 Å². The lowest BCUT2D eigenvalue weighted by Gasteiger charge is -2.24. The van der Waals surface area contributed by atoms with Crippen molar-refractivity contribution in [1.29, 1.82) is 0 Å². The number of benzene rings is 2.